The third kappa shape index (κ3) is 5.30. The molecule has 1 saturated heterocycles. The Balaban J connectivity index is 1.79. The highest BCUT2D eigenvalue weighted by molar-refractivity contribution is 7.19. The molecule has 1 amide bonds. The van der Waals surface area contributed by atoms with E-state index in [4.69, 9.17) is 16.3 Å². The molecule has 2 aromatic rings. The SMILES string of the molecule is CC(C)(C)OC(=O)N1CCN(c2cc(-c3ccc(Cl)s3)c(C(F)(F)F)nn2)CC1. The monoisotopic (exact) mass is 448 g/mol. The number of amides is 1. The van der Waals surface area contributed by atoms with Gasteiger partial charge in [0, 0.05) is 36.6 Å². The minimum absolute atomic E-state index is 0.0611. The Bertz CT molecular complexity index is 890. The molecule has 0 atom stereocenters. The zero-order chi connectivity index (χ0) is 21.4. The average molecular weight is 449 g/mol. The van der Waals surface area contributed by atoms with Crippen LogP contribution in [0.25, 0.3) is 10.4 Å². The summed E-state index contributed by atoms with van der Waals surface area (Å²) in [7, 11) is 0. The molecule has 6 nitrogen and oxygen atoms in total. The summed E-state index contributed by atoms with van der Waals surface area (Å²) in [6.07, 6.45) is -5.04. The Morgan fingerprint density at radius 3 is 2.31 bits per heavy atom. The Hall–Kier alpha value is -2.07. The zero-order valence-electron chi connectivity index (χ0n) is 16.1. The van der Waals surface area contributed by atoms with E-state index in [0.29, 0.717) is 41.2 Å². The number of halogens is 4. The molecule has 2 aromatic heterocycles. The summed E-state index contributed by atoms with van der Waals surface area (Å²) in [6, 6.07) is 4.45. The van der Waals surface area contributed by atoms with Gasteiger partial charge in [-0.05, 0) is 39.0 Å². The van der Waals surface area contributed by atoms with E-state index in [1.54, 1.807) is 36.6 Å². The number of nitrogens with zero attached hydrogens (tertiary/aromatic N) is 4. The number of alkyl halides is 3. The molecule has 0 N–H and O–H groups in total. The molecule has 0 bridgehead atoms. The van der Waals surface area contributed by atoms with E-state index >= 15 is 0 Å². The van der Waals surface area contributed by atoms with Gasteiger partial charge in [-0.1, -0.05) is 11.6 Å². The van der Waals surface area contributed by atoms with Crippen molar-refractivity contribution in [1.82, 2.24) is 15.1 Å². The van der Waals surface area contributed by atoms with E-state index in [1.807, 2.05) is 0 Å². The van der Waals surface area contributed by atoms with Crippen molar-refractivity contribution in [3.8, 4) is 10.4 Å². The number of rotatable bonds is 2. The number of hydrogen-bond acceptors (Lipinski definition) is 6. The van der Waals surface area contributed by atoms with Crippen LogP contribution < -0.4 is 4.90 Å². The van der Waals surface area contributed by atoms with Crippen molar-refractivity contribution in [2.24, 2.45) is 0 Å². The quantitative estimate of drug-likeness (QED) is 0.651. The van der Waals surface area contributed by atoms with Crippen molar-refractivity contribution in [2.45, 2.75) is 32.5 Å². The maximum atomic E-state index is 13.4. The van der Waals surface area contributed by atoms with Crippen LogP contribution in [0.5, 0.6) is 0 Å². The van der Waals surface area contributed by atoms with Gasteiger partial charge in [0.25, 0.3) is 0 Å². The van der Waals surface area contributed by atoms with Crippen LogP contribution in [-0.4, -0.2) is 53.0 Å². The van der Waals surface area contributed by atoms with E-state index in [1.165, 1.54) is 12.1 Å². The molecule has 1 fully saturated rings. The smallest absolute Gasteiger partial charge is 0.435 e. The van der Waals surface area contributed by atoms with Crippen molar-refractivity contribution in [2.75, 3.05) is 31.1 Å². The summed E-state index contributed by atoms with van der Waals surface area (Å²) in [4.78, 5) is 15.9. The van der Waals surface area contributed by atoms with Gasteiger partial charge in [-0.3, -0.25) is 0 Å². The fourth-order valence-electron chi connectivity index (χ4n) is 2.84. The van der Waals surface area contributed by atoms with Crippen LogP contribution in [0.4, 0.5) is 23.8 Å². The number of anilines is 1. The fourth-order valence-corrected chi connectivity index (χ4v) is 3.90. The van der Waals surface area contributed by atoms with Gasteiger partial charge in [-0.15, -0.1) is 21.5 Å². The number of ether oxygens (including phenoxy) is 1. The first kappa shape index (κ1) is 21.6. The molecule has 1 aliphatic rings. The second kappa shape index (κ2) is 7.98. The van der Waals surface area contributed by atoms with Crippen molar-refractivity contribution < 1.29 is 22.7 Å². The molecular formula is C18H20ClF3N4O2S. The molecule has 0 aliphatic carbocycles. The van der Waals surface area contributed by atoms with E-state index in [0.717, 1.165) is 11.3 Å². The summed E-state index contributed by atoms with van der Waals surface area (Å²) in [5.41, 5.74) is -1.70. The van der Waals surface area contributed by atoms with Gasteiger partial charge >= 0.3 is 12.3 Å². The van der Waals surface area contributed by atoms with Crippen LogP contribution in [-0.2, 0) is 10.9 Å². The van der Waals surface area contributed by atoms with Crippen LogP contribution in [0, 0.1) is 0 Å². The predicted octanol–water partition coefficient (Wildman–Crippen LogP) is 4.93. The molecule has 29 heavy (non-hydrogen) atoms. The Labute approximate surface area is 175 Å². The molecule has 158 valence electrons. The van der Waals surface area contributed by atoms with E-state index < -0.39 is 23.6 Å². The van der Waals surface area contributed by atoms with Crippen LogP contribution in [0.3, 0.4) is 0 Å². The minimum atomic E-state index is -4.63. The maximum Gasteiger partial charge on any atom is 0.435 e. The molecular weight excluding hydrogens is 429 g/mol. The fraction of sp³-hybridized carbons (Fsp3) is 0.500. The second-order valence-electron chi connectivity index (χ2n) is 7.52. The highest BCUT2D eigenvalue weighted by Crippen LogP contribution is 2.40. The first-order valence-corrected chi connectivity index (χ1v) is 10.1. The number of piperazine rings is 1. The second-order valence-corrected chi connectivity index (χ2v) is 9.24. The molecule has 3 rings (SSSR count). The van der Waals surface area contributed by atoms with E-state index in [2.05, 4.69) is 10.2 Å². The lowest BCUT2D eigenvalue weighted by Gasteiger charge is -2.36. The van der Waals surface area contributed by atoms with Crippen molar-refractivity contribution in [3.05, 3.63) is 28.2 Å². The Morgan fingerprint density at radius 1 is 1.14 bits per heavy atom. The molecule has 0 saturated carbocycles. The number of carbonyl (C=O) groups is 1. The standard InChI is InChI=1S/C18H20ClF3N4O2S/c1-17(2,3)28-16(27)26-8-6-25(7-9-26)14-10-11(12-4-5-13(19)29-12)15(24-23-14)18(20,21)22/h4-5,10H,6-9H2,1-3H3. The van der Waals surface area contributed by atoms with Gasteiger partial charge in [0.1, 0.15) is 5.60 Å². The largest absolute Gasteiger partial charge is 0.444 e. The van der Waals surface area contributed by atoms with Gasteiger partial charge in [-0.2, -0.15) is 13.2 Å². The summed E-state index contributed by atoms with van der Waals surface area (Å²) in [6.45, 7) is 6.93. The van der Waals surface area contributed by atoms with Crippen LogP contribution in [0.15, 0.2) is 18.2 Å². The van der Waals surface area contributed by atoms with Crippen molar-refractivity contribution in [1.29, 1.82) is 0 Å². The highest BCUT2D eigenvalue weighted by atomic mass is 35.5. The van der Waals surface area contributed by atoms with Crippen LogP contribution in [0.2, 0.25) is 4.34 Å². The van der Waals surface area contributed by atoms with Crippen molar-refractivity contribution in [3.63, 3.8) is 0 Å². The number of carbonyl (C=O) groups excluding carboxylic acids is 1. The third-order valence-corrected chi connectivity index (χ3v) is 5.41. The van der Waals surface area contributed by atoms with Gasteiger partial charge < -0.3 is 14.5 Å². The molecule has 0 aromatic carbocycles. The number of thiophene rings is 1. The Morgan fingerprint density at radius 2 is 1.79 bits per heavy atom. The highest BCUT2D eigenvalue weighted by Gasteiger charge is 2.37. The van der Waals surface area contributed by atoms with Crippen LogP contribution in [0.1, 0.15) is 26.5 Å². The first-order valence-electron chi connectivity index (χ1n) is 8.87. The summed E-state index contributed by atoms with van der Waals surface area (Å²) in [5.74, 6) is 0.321. The van der Waals surface area contributed by atoms with Gasteiger partial charge in [0.2, 0.25) is 0 Å². The lowest BCUT2D eigenvalue weighted by molar-refractivity contribution is -0.141. The molecule has 11 heteroatoms. The molecule has 3 heterocycles. The predicted molar refractivity (Wildman–Crippen MR) is 105 cm³/mol. The third-order valence-electron chi connectivity index (χ3n) is 4.14. The summed E-state index contributed by atoms with van der Waals surface area (Å²) >= 11 is 6.94. The summed E-state index contributed by atoms with van der Waals surface area (Å²) < 4.78 is 45.9. The van der Waals surface area contributed by atoms with Crippen LogP contribution >= 0.6 is 22.9 Å². The van der Waals surface area contributed by atoms with Gasteiger partial charge in [0.15, 0.2) is 11.5 Å². The molecule has 0 radical (unpaired) electrons. The average Bonchev–Trinajstić information content (AvgIpc) is 3.05. The number of aromatic nitrogens is 2. The van der Waals surface area contributed by atoms with Gasteiger partial charge in [0.05, 0.1) is 4.34 Å². The number of hydrogen-bond donors (Lipinski definition) is 0. The van der Waals surface area contributed by atoms with Crippen molar-refractivity contribution >= 4 is 34.8 Å². The zero-order valence-corrected chi connectivity index (χ0v) is 17.7. The van der Waals surface area contributed by atoms with Gasteiger partial charge in [-0.25, -0.2) is 4.79 Å². The molecule has 1 aliphatic heterocycles. The minimum Gasteiger partial charge on any atom is -0.444 e. The first-order chi connectivity index (χ1) is 13.4. The maximum absolute atomic E-state index is 13.4. The molecule has 0 unspecified atom stereocenters. The topological polar surface area (TPSA) is 58.6 Å². The normalized spacial score (nSPS) is 15.6. The van der Waals surface area contributed by atoms with E-state index in [9.17, 15) is 18.0 Å². The summed E-state index contributed by atoms with van der Waals surface area (Å²) in [5, 5.41) is 7.24. The lowest BCUT2D eigenvalue weighted by atomic mass is 10.1. The Kier molecular flexibility index (Phi) is 5.96. The lowest BCUT2D eigenvalue weighted by Crippen LogP contribution is -2.50. The molecule has 0 spiro atoms. The van der Waals surface area contributed by atoms with E-state index in [-0.39, 0.29) is 5.56 Å².